The number of hydrogen-bond donors (Lipinski definition) is 2. The molecule has 2 N–H and O–H groups in total. The van der Waals surface area contributed by atoms with Crippen LogP contribution in [-0.2, 0) is 11.8 Å². The molecule has 0 aliphatic rings. The highest BCUT2D eigenvalue weighted by Gasteiger charge is 2.21. The average molecular weight is 384 g/mol. The second-order valence-electron chi connectivity index (χ2n) is 7.62. The quantitative estimate of drug-likeness (QED) is 0.673. The van der Waals surface area contributed by atoms with E-state index in [0.717, 1.165) is 38.5 Å². The van der Waals surface area contributed by atoms with Gasteiger partial charge in [0.2, 0.25) is 5.91 Å². The molecule has 2 heterocycles. The van der Waals surface area contributed by atoms with Crippen LogP contribution in [0.2, 0.25) is 0 Å². The molecule has 0 radical (unpaired) electrons. The van der Waals surface area contributed by atoms with Gasteiger partial charge in [-0.05, 0) is 26.0 Å². The molecule has 0 aliphatic heterocycles. The summed E-state index contributed by atoms with van der Waals surface area (Å²) >= 11 is 1.61. The molecule has 0 saturated heterocycles. The van der Waals surface area contributed by atoms with Crippen molar-refractivity contribution in [3.05, 3.63) is 40.9 Å². The van der Waals surface area contributed by atoms with Crippen LogP contribution in [0.15, 0.2) is 30.3 Å². The number of carbonyl (C=O) groups excluding carboxylic acids is 1. The summed E-state index contributed by atoms with van der Waals surface area (Å²) in [7, 11) is 1.90. The molecule has 0 saturated carbocycles. The van der Waals surface area contributed by atoms with Gasteiger partial charge >= 0.3 is 0 Å². The van der Waals surface area contributed by atoms with Gasteiger partial charge in [-0.2, -0.15) is 5.10 Å². The van der Waals surface area contributed by atoms with Crippen molar-refractivity contribution >= 4 is 33.9 Å². The van der Waals surface area contributed by atoms with Gasteiger partial charge in [0.15, 0.2) is 5.13 Å². The van der Waals surface area contributed by atoms with Gasteiger partial charge in [0, 0.05) is 34.7 Å². The Morgan fingerprint density at radius 1 is 1.15 bits per heavy atom. The minimum absolute atomic E-state index is 0.00181. The topological polar surface area (TPSA) is 71.8 Å². The lowest BCUT2D eigenvalue weighted by atomic mass is 9.95. The lowest BCUT2D eigenvalue weighted by molar-refractivity contribution is -0.123. The predicted molar refractivity (Wildman–Crippen MR) is 112 cm³/mol. The summed E-state index contributed by atoms with van der Waals surface area (Å²) in [6.07, 6.45) is 0. The molecule has 7 heteroatoms. The smallest absolute Gasteiger partial charge is 0.229 e. The van der Waals surface area contributed by atoms with Gasteiger partial charge in [0.05, 0.1) is 11.4 Å². The van der Waals surface area contributed by atoms with Crippen molar-refractivity contribution in [2.45, 2.75) is 34.6 Å². The maximum atomic E-state index is 12.1. The number of aromatic nitrogens is 3. The van der Waals surface area contributed by atoms with Crippen LogP contribution in [0.3, 0.4) is 0 Å². The fourth-order valence-electron chi connectivity index (χ4n) is 2.58. The first-order chi connectivity index (χ1) is 12.6. The average Bonchev–Trinajstić information content (AvgIpc) is 3.09. The standard InChI is InChI=1S/C20H25N5OS/c1-12-11-16(25(6)24-12)22-19-23-17(13(2)27-19)14-7-9-15(10-8-14)21-18(26)20(3,4)5/h7-11H,1-6H3,(H,21,26)(H,22,23). The highest BCUT2D eigenvalue weighted by Crippen LogP contribution is 2.32. The Labute approximate surface area is 163 Å². The molecule has 1 amide bonds. The van der Waals surface area contributed by atoms with E-state index < -0.39 is 5.41 Å². The minimum Gasteiger partial charge on any atom is -0.326 e. The van der Waals surface area contributed by atoms with Crippen molar-refractivity contribution in [2.24, 2.45) is 12.5 Å². The molecule has 0 atom stereocenters. The van der Waals surface area contributed by atoms with Crippen molar-refractivity contribution < 1.29 is 4.79 Å². The molecule has 0 unspecified atom stereocenters. The van der Waals surface area contributed by atoms with E-state index in [0.29, 0.717) is 0 Å². The Hall–Kier alpha value is -2.67. The molecule has 3 rings (SSSR count). The molecule has 0 fully saturated rings. The van der Waals surface area contributed by atoms with Crippen molar-refractivity contribution in [2.75, 3.05) is 10.6 Å². The predicted octanol–water partition coefficient (Wildman–Crippen LogP) is 4.89. The number of benzene rings is 1. The lowest BCUT2D eigenvalue weighted by Gasteiger charge is -2.17. The summed E-state index contributed by atoms with van der Waals surface area (Å²) in [6.45, 7) is 9.71. The van der Waals surface area contributed by atoms with Gasteiger partial charge in [-0.15, -0.1) is 11.3 Å². The SMILES string of the molecule is Cc1cc(Nc2nc(-c3ccc(NC(=O)C(C)(C)C)cc3)c(C)s2)n(C)n1. The Morgan fingerprint density at radius 3 is 2.37 bits per heavy atom. The number of nitrogens with zero attached hydrogens (tertiary/aromatic N) is 3. The molecular formula is C20H25N5OS. The van der Waals surface area contributed by atoms with E-state index in [1.807, 2.05) is 65.1 Å². The normalized spacial score (nSPS) is 11.5. The van der Waals surface area contributed by atoms with E-state index >= 15 is 0 Å². The number of anilines is 3. The number of carbonyl (C=O) groups is 1. The zero-order chi connectivity index (χ0) is 19.8. The van der Waals surface area contributed by atoms with Crippen LogP contribution in [0, 0.1) is 19.3 Å². The van der Waals surface area contributed by atoms with Crippen LogP contribution in [-0.4, -0.2) is 20.7 Å². The third kappa shape index (κ3) is 4.36. The first kappa shape index (κ1) is 19.1. The van der Waals surface area contributed by atoms with Crippen molar-refractivity contribution in [1.29, 1.82) is 0 Å². The van der Waals surface area contributed by atoms with Gasteiger partial charge in [0.25, 0.3) is 0 Å². The van der Waals surface area contributed by atoms with Crippen LogP contribution < -0.4 is 10.6 Å². The lowest BCUT2D eigenvalue weighted by Crippen LogP contribution is -2.27. The van der Waals surface area contributed by atoms with E-state index in [1.54, 1.807) is 16.0 Å². The van der Waals surface area contributed by atoms with Crippen LogP contribution in [0.1, 0.15) is 31.3 Å². The van der Waals surface area contributed by atoms with Gasteiger partial charge in [-0.1, -0.05) is 32.9 Å². The number of thiazole rings is 1. The fourth-order valence-corrected chi connectivity index (χ4v) is 3.43. The van der Waals surface area contributed by atoms with Crippen LogP contribution in [0.25, 0.3) is 11.3 Å². The zero-order valence-corrected chi connectivity index (χ0v) is 17.4. The third-order valence-corrected chi connectivity index (χ3v) is 5.02. The van der Waals surface area contributed by atoms with E-state index in [4.69, 9.17) is 4.98 Å². The highest BCUT2D eigenvalue weighted by atomic mass is 32.1. The summed E-state index contributed by atoms with van der Waals surface area (Å²) < 4.78 is 1.80. The van der Waals surface area contributed by atoms with Crippen LogP contribution >= 0.6 is 11.3 Å². The van der Waals surface area contributed by atoms with E-state index in [-0.39, 0.29) is 5.91 Å². The summed E-state index contributed by atoms with van der Waals surface area (Å²) in [5, 5.41) is 11.4. The molecule has 1 aromatic carbocycles. The van der Waals surface area contributed by atoms with Gasteiger partial charge < -0.3 is 10.6 Å². The largest absolute Gasteiger partial charge is 0.326 e. The molecule has 3 aromatic rings. The zero-order valence-electron chi connectivity index (χ0n) is 16.5. The first-order valence-corrected chi connectivity index (χ1v) is 9.62. The van der Waals surface area contributed by atoms with Crippen LogP contribution in [0.5, 0.6) is 0 Å². The molecule has 6 nitrogen and oxygen atoms in total. The monoisotopic (exact) mass is 383 g/mol. The Bertz CT molecular complexity index is 963. The number of hydrogen-bond acceptors (Lipinski definition) is 5. The molecule has 142 valence electrons. The number of amides is 1. The molecule has 27 heavy (non-hydrogen) atoms. The van der Waals surface area contributed by atoms with Crippen molar-refractivity contribution in [3.8, 4) is 11.3 Å². The van der Waals surface area contributed by atoms with Crippen LogP contribution in [0.4, 0.5) is 16.6 Å². The summed E-state index contributed by atoms with van der Waals surface area (Å²) in [5.41, 5.74) is 3.29. The first-order valence-electron chi connectivity index (χ1n) is 8.80. The van der Waals surface area contributed by atoms with E-state index in [9.17, 15) is 4.79 Å². The van der Waals surface area contributed by atoms with Gasteiger partial charge in [0.1, 0.15) is 5.82 Å². The van der Waals surface area contributed by atoms with Gasteiger partial charge in [-0.3, -0.25) is 9.48 Å². The van der Waals surface area contributed by atoms with Gasteiger partial charge in [-0.25, -0.2) is 4.98 Å². The number of rotatable bonds is 4. The maximum Gasteiger partial charge on any atom is 0.229 e. The highest BCUT2D eigenvalue weighted by molar-refractivity contribution is 7.16. The van der Waals surface area contributed by atoms with Crippen molar-refractivity contribution in [3.63, 3.8) is 0 Å². The summed E-state index contributed by atoms with van der Waals surface area (Å²) in [6, 6.07) is 9.78. The Kier molecular flexibility index (Phi) is 5.06. The summed E-state index contributed by atoms with van der Waals surface area (Å²) in [4.78, 5) is 18.0. The third-order valence-electron chi connectivity index (χ3n) is 4.13. The molecule has 2 aromatic heterocycles. The number of nitrogens with one attached hydrogen (secondary N) is 2. The van der Waals surface area contributed by atoms with Crippen molar-refractivity contribution in [1.82, 2.24) is 14.8 Å². The molecule has 0 spiro atoms. The minimum atomic E-state index is -0.422. The van der Waals surface area contributed by atoms with E-state index in [1.165, 1.54) is 0 Å². The Balaban J connectivity index is 1.78. The molecular weight excluding hydrogens is 358 g/mol. The summed E-state index contributed by atoms with van der Waals surface area (Å²) in [5.74, 6) is 0.908. The second kappa shape index (κ2) is 7.15. The van der Waals surface area contributed by atoms with E-state index in [2.05, 4.69) is 22.7 Å². The fraction of sp³-hybridized carbons (Fsp3) is 0.350. The number of aryl methyl sites for hydroxylation is 3. The second-order valence-corrected chi connectivity index (χ2v) is 8.83. The maximum absolute atomic E-state index is 12.1. The molecule has 0 aliphatic carbocycles. The molecule has 0 bridgehead atoms. The Morgan fingerprint density at radius 2 is 1.81 bits per heavy atom.